The molecule has 16 heavy (non-hydrogen) atoms. The van der Waals surface area contributed by atoms with Crippen LogP contribution in [0.2, 0.25) is 0 Å². The molecule has 1 aromatic carbocycles. The van der Waals surface area contributed by atoms with Crippen LogP contribution in [0.3, 0.4) is 0 Å². The van der Waals surface area contributed by atoms with Gasteiger partial charge >= 0.3 is 0 Å². The van der Waals surface area contributed by atoms with Gasteiger partial charge in [-0.15, -0.1) is 0 Å². The van der Waals surface area contributed by atoms with Gasteiger partial charge in [0.2, 0.25) is 10.0 Å². The fraction of sp³-hybridized carbons (Fsp3) is 0.400. The van der Waals surface area contributed by atoms with Crippen LogP contribution >= 0.6 is 0 Å². The smallest absolute Gasteiger partial charge is 0.209 e. The molecule has 0 spiro atoms. The Balaban J connectivity index is 2.41. The van der Waals surface area contributed by atoms with E-state index in [-0.39, 0.29) is 5.75 Å². The van der Waals surface area contributed by atoms with Crippen molar-refractivity contribution in [1.29, 1.82) is 0 Å². The summed E-state index contributed by atoms with van der Waals surface area (Å²) in [6.07, 6.45) is 0.377. The Morgan fingerprint density at radius 1 is 1.38 bits per heavy atom. The van der Waals surface area contributed by atoms with Gasteiger partial charge in [0.25, 0.3) is 0 Å². The number of nitrogens with two attached hydrogens (primary N) is 2. The number of aryl methyl sites for hydroxylation is 1. The molecule has 0 unspecified atom stereocenters. The fourth-order valence-corrected chi connectivity index (χ4v) is 1.71. The van der Waals surface area contributed by atoms with E-state index in [1.165, 1.54) is 0 Å². The van der Waals surface area contributed by atoms with E-state index in [2.05, 4.69) is 0 Å². The van der Waals surface area contributed by atoms with Crippen LogP contribution in [-0.4, -0.2) is 20.8 Å². The van der Waals surface area contributed by atoms with Crippen LogP contribution < -0.4 is 15.6 Å². The number of rotatable bonds is 5. The lowest BCUT2D eigenvalue weighted by Crippen LogP contribution is -2.18. The maximum absolute atomic E-state index is 10.6. The van der Waals surface area contributed by atoms with Crippen LogP contribution in [0.4, 0.5) is 5.69 Å². The highest BCUT2D eigenvalue weighted by atomic mass is 32.2. The Morgan fingerprint density at radius 3 is 2.62 bits per heavy atom. The number of anilines is 1. The summed E-state index contributed by atoms with van der Waals surface area (Å²) < 4.78 is 26.7. The van der Waals surface area contributed by atoms with Gasteiger partial charge in [-0.3, -0.25) is 0 Å². The number of primary sulfonamides is 1. The van der Waals surface area contributed by atoms with E-state index < -0.39 is 10.0 Å². The summed E-state index contributed by atoms with van der Waals surface area (Å²) >= 11 is 0. The van der Waals surface area contributed by atoms with Crippen LogP contribution in [0.15, 0.2) is 18.2 Å². The highest BCUT2D eigenvalue weighted by Crippen LogP contribution is 2.18. The Morgan fingerprint density at radius 2 is 2.06 bits per heavy atom. The van der Waals surface area contributed by atoms with Crippen LogP contribution in [0.25, 0.3) is 0 Å². The zero-order chi connectivity index (χ0) is 12.2. The minimum absolute atomic E-state index is 0.0685. The standard InChI is InChI=1S/C10H16N2O3S/c1-8-7-9(3-4-10(8)11)15-5-2-6-16(12,13)14/h3-4,7H,2,5-6,11H2,1H3,(H2,12,13,14). The van der Waals surface area contributed by atoms with Gasteiger partial charge in [0.1, 0.15) is 5.75 Å². The molecular weight excluding hydrogens is 228 g/mol. The third-order valence-electron chi connectivity index (χ3n) is 2.08. The molecule has 6 heteroatoms. The van der Waals surface area contributed by atoms with E-state index in [0.29, 0.717) is 24.5 Å². The second-order valence-corrected chi connectivity index (χ2v) is 5.32. The molecule has 0 heterocycles. The van der Waals surface area contributed by atoms with Crippen LogP contribution in [0, 0.1) is 6.92 Å². The summed E-state index contributed by atoms with van der Waals surface area (Å²) in [7, 11) is -3.39. The molecule has 4 N–H and O–H groups in total. The maximum Gasteiger partial charge on any atom is 0.209 e. The van der Waals surface area contributed by atoms with E-state index in [1.807, 2.05) is 13.0 Å². The second-order valence-electron chi connectivity index (χ2n) is 3.59. The Labute approximate surface area is 95.4 Å². The minimum atomic E-state index is -3.39. The normalized spacial score (nSPS) is 11.4. The fourth-order valence-electron chi connectivity index (χ4n) is 1.19. The van der Waals surface area contributed by atoms with Gasteiger partial charge in [-0.25, -0.2) is 13.6 Å². The van der Waals surface area contributed by atoms with Crippen molar-refractivity contribution in [3.05, 3.63) is 23.8 Å². The minimum Gasteiger partial charge on any atom is -0.494 e. The lowest BCUT2D eigenvalue weighted by Gasteiger charge is -2.07. The van der Waals surface area contributed by atoms with Crippen molar-refractivity contribution >= 4 is 15.7 Å². The summed E-state index contributed by atoms with van der Waals surface area (Å²) in [6, 6.07) is 5.32. The van der Waals surface area contributed by atoms with Crippen LogP contribution in [0.1, 0.15) is 12.0 Å². The first-order valence-electron chi connectivity index (χ1n) is 4.88. The number of hydrogen-bond acceptors (Lipinski definition) is 4. The molecule has 5 nitrogen and oxygen atoms in total. The highest BCUT2D eigenvalue weighted by molar-refractivity contribution is 7.89. The van der Waals surface area contributed by atoms with E-state index in [1.54, 1.807) is 12.1 Å². The topological polar surface area (TPSA) is 95.4 Å². The predicted octanol–water partition coefficient (Wildman–Crippen LogP) is 0.635. The Bertz CT molecular complexity index is 457. The summed E-state index contributed by atoms with van der Waals surface area (Å²) in [5.41, 5.74) is 7.29. The van der Waals surface area contributed by atoms with Gasteiger partial charge in [-0.2, -0.15) is 0 Å². The number of benzene rings is 1. The van der Waals surface area contributed by atoms with E-state index in [0.717, 1.165) is 5.56 Å². The van der Waals surface area contributed by atoms with Crippen molar-refractivity contribution in [2.75, 3.05) is 18.1 Å². The molecule has 0 aliphatic rings. The van der Waals surface area contributed by atoms with Crippen molar-refractivity contribution in [1.82, 2.24) is 0 Å². The third kappa shape index (κ3) is 4.50. The molecule has 0 fully saturated rings. The van der Waals surface area contributed by atoms with E-state index >= 15 is 0 Å². The number of nitrogen functional groups attached to an aromatic ring is 1. The summed E-state index contributed by atoms with van der Waals surface area (Å²) in [6.45, 7) is 2.20. The molecule has 0 amide bonds. The predicted molar refractivity (Wildman–Crippen MR) is 63.7 cm³/mol. The molecule has 90 valence electrons. The summed E-state index contributed by atoms with van der Waals surface area (Å²) in [5, 5.41) is 4.86. The largest absolute Gasteiger partial charge is 0.494 e. The molecule has 1 rings (SSSR count). The van der Waals surface area contributed by atoms with Gasteiger partial charge in [0, 0.05) is 5.69 Å². The number of sulfonamides is 1. The zero-order valence-corrected chi connectivity index (χ0v) is 9.96. The number of hydrogen-bond donors (Lipinski definition) is 2. The lowest BCUT2D eigenvalue weighted by atomic mass is 10.2. The summed E-state index contributed by atoms with van der Waals surface area (Å²) in [4.78, 5) is 0. The maximum atomic E-state index is 10.6. The van der Waals surface area contributed by atoms with E-state index in [9.17, 15) is 8.42 Å². The lowest BCUT2D eigenvalue weighted by molar-refractivity contribution is 0.317. The zero-order valence-electron chi connectivity index (χ0n) is 9.14. The monoisotopic (exact) mass is 244 g/mol. The third-order valence-corrected chi connectivity index (χ3v) is 2.94. The molecule has 1 aromatic rings. The average molecular weight is 244 g/mol. The van der Waals surface area contributed by atoms with Gasteiger partial charge in [-0.05, 0) is 37.1 Å². The SMILES string of the molecule is Cc1cc(OCCCS(N)(=O)=O)ccc1N. The number of ether oxygens (including phenoxy) is 1. The van der Waals surface area contributed by atoms with Crippen molar-refractivity contribution in [2.24, 2.45) is 5.14 Å². The van der Waals surface area contributed by atoms with Crippen LogP contribution in [0.5, 0.6) is 5.75 Å². The van der Waals surface area contributed by atoms with Crippen molar-refractivity contribution in [3.63, 3.8) is 0 Å². The second kappa shape index (κ2) is 5.18. The van der Waals surface area contributed by atoms with Crippen molar-refractivity contribution in [3.8, 4) is 5.75 Å². The van der Waals surface area contributed by atoms with Gasteiger partial charge in [-0.1, -0.05) is 0 Å². The van der Waals surface area contributed by atoms with Gasteiger partial charge in [0.05, 0.1) is 12.4 Å². The van der Waals surface area contributed by atoms with Crippen molar-refractivity contribution in [2.45, 2.75) is 13.3 Å². The molecule has 0 saturated heterocycles. The van der Waals surface area contributed by atoms with Crippen LogP contribution in [-0.2, 0) is 10.0 Å². The first-order valence-corrected chi connectivity index (χ1v) is 6.59. The molecule has 0 radical (unpaired) electrons. The van der Waals surface area contributed by atoms with E-state index in [4.69, 9.17) is 15.6 Å². The molecule has 0 atom stereocenters. The molecule has 0 aliphatic heterocycles. The van der Waals surface area contributed by atoms with Gasteiger partial charge < -0.3 is 10.5 Å². The first kappa shape index (κ1) is 12.8. The average Bonchev–Trinajstić information content (AvgIpc) is 2.17. The Hall–Kier alpha value is -1.27. The molecule has 0 aromatic heterocycles. The highest BCUT2D eigenvalue weighted by Gasteiger charge is 2.02. The summed E-state index contributed by atoms with van der Waals surface area (Å²) in [5.74, 6) is 0.613. The van der Waals surface area contributed by atoms with Crippen molar-refractivity contribution < 1.29 is 13.2 Å². The molecule has 0 aliphatic carbocycles. The van der Waals surface area contributed by atoms with Gasteiger partial charge in [0.15, 0.2) is 0 Å². The first-order chi connectivity index (χ1) is 7.38. The molecular formula is C10H16N2O3S. The quantitative estimate of drug-likeness (QED) is 0.586. The molecule has 0 bridgehead atoms. The Kier molecular flexibility index (Phi) is 4.14. The molecule has 0 saturated carbocycles.